The fourth-order valence-corrected chi connectivity index (χ4v) is 4.94. The van der Waals surface area contributed by atoms with Gasteiger partial charge in [0.25, 0.3) is 11.1 Å². The molecule has 194 valence electrons. The molecule has 3 heterocycles. The van der Waals surface area contributed by atoms with Gasteiger partial charge in [0.05, 0.1) is 30.1 Å². The molecule has 1 aliphatic heterocycles. The highest BCUT2D eigenvalue weighted by Gasteiger charge is 2.37. The molecule has 5 aromatic rings. The number of para-hydroxylation sites is 1. The lowest BCUT2D eigenvalue weighted by atomic mass is 9.84. The Hall–Kier alpha value is -5.38. The first kappa shape index (κ1) is 24.0. The molecule has 39 heavy (non-hydrogen) atoms. The van der Waals surface area contributed by atoms with Gasteiger partial charge in [-0.3, -0.25) is 28.7 Å². The number of nitrogens with zero attached hydrogens (tertiary/aromatic N) is 2. The number of aromatic hydroxyl groups is 1. The molecule has 0 bridgehead atoms. The SMILES string of the molecule is O=c1[nH]c(=O)n(Cc2ccccc2)c(O)c1[C@@H]1c2ccccc2Oc2[nH]c(=O)n(Cc3ccccc3)c(=O)c21. The molecular weight excluding hydrogens is 500 g/mol. The standard InChI is InChI=1S/C29H22N4O6/c34-24-22(26(35)32(28(37)30-24)15-17-9-3-1-4-10-17)21-19-13-7-8-14-20(19)39-25-23(21)27(36)33(29(38)31-25)16-18-11-5-2-6-12-18/h1-14,21,35H,15-16H2,(H,31,38)(H,30,34,37)/t21-/m0/s1. The predicted octanol–water partition coefficient (Wildman–Crippen LogP) is 2.47. The highest BCUT2D eigenvalue weighted by atomic mass is 16.5. The van der Waals surface area contributed by atoms with E-state index in [0.717, 1.165) is 20.3 Å². The van der Waals surface area contributed by atoms with E-state index in [1.807, 2.05) is 12.1 Å². The van der Waals surface area contributed by atoms with Crippen molar-refractivity contribution in [3.63, 3.8) is 0 Å². The molecule has 1 aliphatic rings. The summed E-state index contributed by atoms with van der Waals surface area (Å²) in [7, 11) is 0. The van der Waals surface area contributed by atoms with Crippen molar-refractivity contribution in [3.8, 4) is 17.5 Å². The van der Waals surface area contributed by atoms with Crippen LogP contribution < -0.4 is 27.2 Å². The van der Waals surface area contributed by atoms with Crippen LogP contribution in [0.25, 0.3) is 0 Å². The highest BCUT2D eigenvalue weighted by Crippen LogP contribution is 2.45. The fraction of sp³-hybridized carbons (Fsp3) is 0.103. The summed E-state index contributed by atoms with van der Waals surface area (Å²) >= 11 is 0. The molecule has 0 saturated heterocycles. The molecule has 1 atom stereocenters. The van der Waals surface area contributed by atoms with Crippen LogP contribution in [0.2, 0.25) is 0 Å². The number of aromatic amines is 2. The summed E-state index contributed by atoms with van der Waals surface area (Å²) in [4.78, 5) is 57.8. The second-order valence-electron chi connectivity index (χ2n) is 9.19. The third-order valence-electron chi connectivity index (χ3n) is 6.78. The number of ether oxygens (including phenoxy) is 1. The van der Waals surface area contributed by atoms with Gasteiger partial charge in [0.1, 0.15) is 5.75 Å². The number of aromatic nitrogens is 4. The third kappa shape index (κ3) is 4.17. The van der Waals surface area contributed by atoms with Crippen LogP contribution in [-0.4, -0.2) is 24.2 Å². The highest BCUT2D eigenvalue weighted by molar-refractivity contribution is 5.57. The quantitative estimate of drug-likeness (QED) is 0.318. The molecule has 0 radical (unpaired) electrons. The van der Waals surface area contributed by atoms with Gasteiger partial charge in [0.2, 0.25) is 11.8 Å². The Kier molecular flexibility index (Phi) is 5.84. The molecular formula is C29H22N4O6. The Morgan fingerprint density at radius 2 is 1.26 bits per heavy atom. The molecule has 0 amide bonds. The first-order chi connectivity index (χ1) is 18.9. The summed E-state index contributed by atoms with van der Waals surface area (Å²) in [6.45, 7) is -0.0383. The Bertz CT molecular complexity index is 1940. The van der Waals surface area contributed by atoms with E-state index in [0.29, 0.717) is 11.3 Å². The van der Waals surface area contributed by atoms with E-state index in [2.05, 4.69) is 9.97 Å². The lowest BCUT2D eigenvalue weighted by Crippen LogP contribution is -2.41. The number of hydrogen-bond donors (Lipinski definition) is 3. The van der Waals surface area contributed by atoms with Gasteiger partial charge >= 0.3 is 11.4 Å². The van der Waals surface area contributed by atoms with E-state index in [1.165, 1.54) is 0 Å². The molecule has 0 fully saturated rings. The minimum absolute atomic E-state index is 0.0170. The fourth-order valence-electron chi connectivity index (χ4n) is 4.94. The molecule has 0 unspecified atom stereocenters. The first-order valence-electron chi connectivity index (χ1n) is 12.2. The maximum absolute atomic E-state index is 13.9. The molecule has 3 aromatic carbocycles. The van der Waals surface area contributed by atoms with Gasteiger partial charge in [-0.15, -0.1) is 0 Å². The number of nitrogens with one attached hydrogen (secondary N) is 2. The van der Waals surface area contributed by atoms with Crippen LogP contribution in [0.4, 0.5) is 0 Å². The molecule has 0 saturated carbocycles. The normalized spacial score (nSPS) is 13.8. The number of H-pyrrole nitrogens is 2. The van der Waals surface area contributed by atoms with Gasteiger partial charge < -0.3 is 9.84 Å². The van der Waals surface area contributed by atoms with Gasteiger partial charge in [-0.2, -0.15) is 0 Å². The van der Waals surface area contributed by atoms with Crippen molar-refractivity contribution in [1.82, 2.24) is 19.1 Å². The maximum atomic E-state index is 13.9. The average molecular weight is 523 g/mol. The Balaban J connectivity index is 1.60. The van der Waals surface area contributed by atoms with Gasteiger partial charge in [0, 0.05) is 5.56 Å². The third-order valence-corrected chi connectivity index (χ3v) is 6.78. The summed E-state index contributed by atoms with van der Waals surface area (Å²) in [5.41, 5.74) is -1.40. The van der Waals surface area contributed by atoms with Crippen molar-refractivity contribution in [2.45, 2.75) is 19.0 Å². The summed E-state index contributed by atoms with van der Waals surface area (Å²) in [5, 5.41) is 11.4. The van der Waals surface area contributed by atoms with Gasteiger partial charge in [-0.1, -0.05) is 78.9 Å². The molecule has 10 nitrogen and oxygen atoms in total. The summed E-state index contributed by atoms with van der Waals surface area (Å²) < 4.78 is 7.95. The van der Waals surface area contributed by atoms with E-state index in [-0.39, 0.29) is 30.1 Å². The lowest BCUT2D eigenvalue weighted by molar-refractivity contribution is 0.391. The van der Waals surface area contributed by atoms with Crippen molar-refractivity contribution in [2.24, 2.45) is 0 Å². The maximum Gasteiger partial charge on any atom is 0.331 e. The van der Waals surface area contributed by atoms with E-state index >= 15 is 0 Å². The van der Waals surface area contributed by atoms with Gasteiger partial charge in [-0.25, -0.2) is 9.59 Å². The summed E-state index contributed by atoms with van der Waals surface area (Å²) in [5.74, 6) is -1.55. The molecule has 2 aromatic heterocycles. The second-order valence-corrected chi connectivity index (χ2v) is 9.19. The van der Waals surface area contributed by atoms with Crippen LogP contribution in [0.3, 0.4) is 0 Å². The zero-order chi connectivity index (χ0) is 27.1. The molecule has 10 heteroatoms. The van der Waals surface area contributed by atoms with E-state index in [4.69, 9.17) is 4.74 Å². The van der Waals surface area contributed by atoms with Crippen molar-refractivity contribution in [1.29, 1.82) is 0 Å². The van der Waals surface area contributed by atoms with Gasteiger partial charge in [-0.05, 0) is 17.2 Å². The largest absolute Gasteiger partial charge is 0.494 e. The van der Waals surface area contributed by atoms with Crippen LogP contribution in [-0.2, 0) is 13.1 Å². The van der Waals surface area contributed by atoms with Crippen molar-refractivity contribution < 1.29 is 9.84 Å². The van der Waals surface area contributed by atoms with E-state index in [1.54, 1.807) is 72.8 Å². The van der Waals surface area contributed by atoms with E-state index < -0.39 is 34.3 Å². The number of benzene rings is 3. The first-order valence-corrected chi connectivity index (χ1v) is 12.2. The van der Waals surface area contributed by atoms with Crippen LogP contribution in [0.1, 0.15) is 33.7 Å². The topological polar surface area (TPSA) is 139 Å². The van der Waals surface area contributed by atoms with Gasteiger partial charge in [0.15, 0.2) is 0 Å². The number of hydrogen-bond acceptors (Lipinski definition) is 6. The summed E-state index contributed by atoms with van der Waals surface area (Å²) in [6.07, 6.45) is 0. The van der Waals surface area contributed by atoms with Crippen LogP contribution in [0, 0.1) is 0 Å². The van der Waals surface area contributed by atoms with Crippen LogP contribution >= 0.6 is 0 Å². The van der Waals surface area contributed by atoms with Crippen molar-refractivity contribution in [3.05, 3.63) is 154 Å². The molecule has 6 rings (SSSR count). The molecule has 3 N–H and O–H groups in total. The minimum atomic E-state index is -1.14. The number of fused-ring (bicyclic) bond motifs is 2. The monoisotopic (exact) mass is 522 g/mol. The minimum Gasteiger partial charge on any atom is -0.494 e. The predicted molar refractivity (Wildman–Crippen MR) is 143 cm³/mol. The molecule has 0 aliphatic carbocycles. The Morgan fingerprint density at radius 3 is 1.92 bits per heavy atom. The Labute approximate surface area is 220 Å². The zero-order valence-corrected chi connectivity index (χ0v) is 20.5. The van der Waals surface area contributed by atoms with Crippen molar-refractivity contribution >= 4 is 0 Å². The smallest absolute Gasteiger partial charge is 0.331 e. The Morgan fingerprint density at radius 1 is 0.692 bits per heavy atom. The lowest BCUT2D eigenvalue weighted by Gasteiger charge is -2.28. The second kappa shape index (κ2) is 9.49. The molecule has 0 spiro atoms. The van der Waals surface area contributed by atoms with Crippen LogP contribution in [0.5, 0.6) is 17.5 Å². The summed E-state index contributed by atoms with van der Waals surface area (Å²) in [6, 6.07) is 24.7. The van der Waals surface area contributed by atoms with Crippen LogP contribution in [0.15, 0.2) is 104 Å². The number of rotatable bonds is 5. The zero-order valence-electron chi connectivity index (χ0n) is 20.5. The van der Waals surface area contributed by atoms with Crippen molar-refractivity contribution in [2.75, 3.05) is 0 Å². The average Bonchev–Trinajstić information content (AvgIpc) is 2.94. The van der Waals surface area contributed by atoms with E-state index in [9.17, 15) is 24.3 Å².